The van der Waals surface area contributed by atoms with E-state index in [1.54, 1.807) is 6.26 Å². The number of hydrogen-bond donors (Lipinski definition) is 3. The van der Waals surface area contributed by atoms with Crippen molar-refractivity contribution >= 4 is 17.6 Å². The molecule has 0 atom stereocenters. The van der Waals surface area contributed by atoms with Crippen molar-refractivity contribution in [3.63, 3.8) is 0 Å². The number of aromatic nitrogens is 1. The minimum Gasteiger partial charge on any atom is -0.444 e. The van der Waals surface area contributed by atoms with E-state index in [4.69, 9.17) is 4.42 Å². The first-order chi connectivity index (χ1) is 13.7. The zero-order valence-corrected chi connectivity index (χ0v) is 15.7. The van der Waals surface area contributed by atoms with Crippen molar-refractivity contribution in [2.24, 2.45) is 4.99 Å². The lowest BCUT2D eigenvalue weighted by Crippen LogP contribution is -2.41. The molecule has 7 nitrogen and oxygen atoms in total. The molecule has 0 aliphatic rings. The van der Waals surface area contributed by atoms with E-state index >= 15 is 0 Å². The second-order valence-corrected chi connectivity index (χ2v) is 5.97. The molecule has 1 heterocycles. The molecule has 28 heavy (non-hydrogen) atoms. The van der Waals surface area contributed by atoms with E-state index in [-0.39, 0.29) is 12.5 Å². The molecule has 3 rings (SSSR count). The second-order valence-electron chi connectivity index (χ2n) is 5.97. The summed E-state index contributed by atoms with van der Waals surface area (Å²) < 4.78 is 5.52. The fraction of sp³-hybridized carbons (Fsp3) is 0.190. The number of guanidine groups is 1. The molecule has 2 aromatic carbocycles. The molecule has 0 fully saturated rings. The number of amides is 1. The van der Waals surface area contributed by atoms with Crippen LogP contribution >= 0.6 is 0 Å². The molecule has 0 aliphatic carbocycles. The van der Waals surface area contributed by atoms with Crippen LogP contribution in [0.25, 0.3) is 11.5 Å². The molecule has 0 radical (unpaired) electrons. The lowest BCUT2D eigenvalue weighted by Gasteiger charge is -2.11. The van der Waals surface area contributed by atoms with Gasteiger partial charge in [0.2, 0.25) is 11.8 Å². The minimum absolute atomic E-state index is 0.106. The van der Waals surface area contributed by atoms with E-state index in [9.17, 15) is 4.79 Å². The Hall–Kier alpha value is -3.61. The number of oxazole rings is 1. The minimum atomic E-state index is -0.149. The standard InChI is InChI=1S/C21H23N5O2/c1-2-22-21(24-14-19(27)25-17-11-7-4-8-12-17)23-13-18-15-28-20(26-18)16-9-5-3-6-10-16/h3-12,15H,2,13-14H2,1H3,(H,25,27)(H2,22,23,24). The van der Waals surface area contributed by atoms with Crippen molar-refractivity contribution in [3.05, 3.63) is 72.6 Å². The van der Waals surface area contributed by atoms with Crippen molar-refractivity contribution < 1.29 is 9.21 Å². The first-order valence-electron chi connectivity index (χ1n) is 9.11. The van der Waals surface area contributed by atoms with E-state index in [0.29, 0.717) is 30.6 Å². The smallest absolute Gasteiger partial charge is 0.243 e. The number of para-hydroxylation sites is 1. The summed E-state index contributed by atoms with van der Waals surface area (Å²) in [5.41, 5.74) is 2.39. The summed E-state index contributed by atoms with van der Waals surface area (Å²) in [5.74, 6) is 0.950. The Kier molecular flexibility index (Phi) is 6.78. The molecule has 1 amide bonds. The van der Waals surface area contributed by atoms with Crippen LogP contribution in [0.15, 0.2) is 76.3 Å². The maximum absolute atomic E-state index is 12.1. The molecular formula is C21H23N5O2. The van der Waals surface area contributed by atoms with Crippen LogP contribution in [-0.2, 0) is 11.3 Å². The van der Waals surface area contributed by atoms with Gasteiger partial charge in [0.1, 0.15) is 12.0 Å². The zero-order valence-electron chi connectivity index (χ0n) is 15.7. The Morgan fingerprint density at radius 2 is 1.75 bits per heavy atom. The molecule has 0 spiro atoms. The highest BCUT2D eigenvalue weighted by Crippen LogP contribution is 2.18. The summed E-state index contributed by atoms with van der Waals surface area (Å²) in [5, 5.41) is 8.95. The normalized spacial score (nSPS) is 11.1. The number of nitrogens with one attached hydrogen (secondary N) is 3. The number of benzene rings is 2. The Balaban J connectivity index is 1.55. The van der Waals surface area contributed by atoms with Gasteiger partial charge < -0.3 is 20.4 Å². The summed E-state index contributed by atoms with van der Waals surface area (Å²) in [6.07, 6.45) is 1.59. The molecular weight excluding hydrogens is 354 g/mol. The fourth-order valence-corrected chi connectivity index (χ4v) is 2.49. The number of anilines is 1. The van der Waals surface area contributed by atoms with Crippen LogP contribution in [0.1, 0.15) is 12.6 Å². The molecule has 7 heteroatoms. The highest BCUT2D eigenvalue weighted by Gasteiger charge is 2.07. The molecule has 0 unspecified atom stereocenters. The van der Waals surface area contributed by atoms with Crippen molar-refractivity contribution in [2.45, 2.75) is 13.5 Å². The third-order valence-electron chi connectivity index (χ3n) is 3.79. The summed E-state index contributed by atoms with van der Waals surface area (Å²) in [7, 11) is 0. The second kappa shape index (κ2) is 9.91. The molecule has 0 saturated carbocycles. The van der Waals surface area contributed by atoms with E-state index in [0.717, 1.165) is 11.3 Å². The topological polar surface area (TPSA) is 91.6 Å². The maximum atomic E-state index is 12.1. The van der Waals surface area contributed by atoms with Gasteiger partial charge in [-0.15, -0.1) is 0 Å². The largest absolute Gasteiger partial charge is 0.444 e. The molecule has 0 bridgehead atoms. The van der Waals surface area contributed by atoms with E-state index in [1.165, 1.54) is 0 Å². The van der Waals surface area contributed by atoms with Crippen LogP contribution < -0.4 is 16.0 Å². The Morgan fingerprint density at radius 3 is 2.46 bits per heavy atom. The molecule has 0 saturated heterocycles. The first-order valence-corrected chi connectivity index (χ1v) is 9.11. The Labute approximate surface area is 163 Å². The van der Waals surface area contributed by atoms with Crippen molar-refractivity contribution in [3.8, 4) is 11.5 Å². The summed E-state index contributed by atoms with van der Waals surface area (Å²) in [6, 6.07) is 19.0. The lowest BCUT2D eigenvalue weighted by atomic mass is 10.2. The van der Waals surface area contributed by atoms with Gasteiger partial charge in [0, 0.05) is 17.8 Å². The third kappa shape index (κ3) is 5.70. The molecule has 3 aromatic rings. The predicted octanol–water partition coefficient (Wildman–Crippen LogP) is 3.04. The molecule has 144 valence electrons. The van der Waals surface area contributed by atoms with Crippen molar-refractivity contribution in [1.82, 2.24) is 15.6 Å². The van der Waals surface area contributed by atoms with Gasteiger partial charge in [0.15, 0.2) is 5.96 Å². The van der Waals surface area contributed by atoms with Crippen LogP contribution in [0.5, 0.6) is 0 Å². The van der Waals surface area contributed by atoms with Gasteiger partial charge in [-0.25, -0.2) is 9.98 Å². The van der Waals surface area contributed by atoms with Gasteiger partial charge in [0.05, 0.1) is 13.1 Å². The van der Waals surface area contributed by atoms with Gasteiger partial charge in [-0.1, -0.05) is 36.4 Å². The number of nitrogens with zero attached hydrogens (tertiary/aromatic N) is 2. The lowest BCUT2D eigenvalue weighted by molar-refractivity contribution is -0.115. The van der Waals surface area contributed by atoms with Crippen LogP contribution in [-0.4, -0.2) is 29.9 Å². The fourth-order valence-electron chi connectivity index (χ4n) is 2.49. The quantitative estimate of drug-likeness (QED) is 0.435. The highest BCUT2D eigenvalue weighted by molar-refractivity contribution is 5.94. The number of aliphatic imine (C=N–C) groups is 1. The average molecular weight is 377 g/mol. The van der Waals surface area contributed by atoms with E-state index in [1.807, 2.05) is 67.6 Å². The zero-order chi connectivity index (χ0) is 19.6. The van der Waals surface area contributed by atoms with Gasteiger partial charge in [0.25, 0.3) is 0 Å². The highest BCUT2D eigenvalue weighted by atomic mass is 16.3. The Morgan fingerprint density at radius 1 is 1.04 bits per heavy atom. The van der Waals surface area contributed by atoms with E-state index < -0.39 is 0 Å². The summed E-state index contributed by atoms with van der Waals surface area (Å²) in [4.78, 5) is 21.0. The van der Waals surface area contributed by atoms with Crippen molar-refractivity contribution in [2.75, 3.05) is 18.4 Å². The van der Waals surface area contributed by atoms with Gasteiger partial charge in [-0.05, 0) is 31.2 Å². The van der Waals surface area contributed by atoms with Crippen LogP contribution in [0.4, 0.5) is 5.69 Å². The molecule has 0 aliphatic heterocycles. The van der Waals surface area contributed by atoms with Crippen LogP contribution in [0.3, 0.4) is 0 Å². The Bertz CT molecular complexity index is 907. The number of carbonyl (C=O) groups excluding carboxylic acids is 1. The van der Waals surface area contributed by atoms with Gasteiger partial charge >= 0.3 is 0 Å². The predicted molar refractivity (Wildman–Crippen MR) is 110 cm³/mol. The SMILES string of the molecule is CCNC(=NCc1coc(-c2ccccc2)n1)NCC(=O)Nc1ccccc1. The van der Waals surface area contributed by atoms with E-state index in [2.05, 4.69) is 25.9 Å². The molecule has 1 aromatic heterocycles. The monoisotopic (exact) mass is 377 g/mol. The number of rotatable bonds is 7. The number of carbonyl (C=O) groups is 1. The van der Waals surface area contributed by atoms with Crippen LogP contribution in [0, 0.1) is 0 Å². The first kappa shape index (κ1) is 19.2. The third-order valence-corrected chi connectivity index (χ3v) is 3.79. The van der Waals surface area contributed by atoms with Crippen molar-refractivity contribution in [1.29, 1.82) is 0 Å². The number of hydrogen-bond acceptors (Lipinski definition) is 4. The van der Waals surface area contributed by atoms with Gasteiger partial charge in [-0.2, -0.15) is 0 Å². The molecule has 3 N–H and O–H groups in total. The van der Waals surface area contributed by atoms with Gasteiger partial charge in [-0.3, -0.25) is 4.79 Å². The van der Waals surface area contributed by atoms with Crippen LogP contribution in [0.2, 0.25) is 0 Å². The maximum Gasteiger partial charge on any atom is 0.243 e. The summed E-state index contributed by atoms with van der Waals surface area (Å²) >= 11 is 0. The average Bonchev–Trinajstić information content (AvgIpc) is 3.20. The summed E-state index contributed by atoms with van der Waals surface area (Å²) in [6.45, 7) is 3.09.